The predicted octanol–water partition coefficient (Wildman–Crippen LogP) is 3.67. The lowest BCUT2D eigenvalue weighted by Crippen LogP contribution is -2.26. The van der Waals surface area contributed by atoms with Crippen molar-refractivity contribution >= 4 is 32.9 Å². The quantitative estimate of drug-likeness (QED) is 0.888. The van der Waals surface area contributed by atoms with Crippen LogP contribution in [0.2, 0.25) is 0 Å². The Morgan fingerprint density at radius 1 is 1.38 bits per heavy atom. The number of nitrogens with zero attached hydrogens (tertiary/aromatic N) is 3. The number of hydrogen-bond acceptors (Lipinski definition) is 3. The average Bonchev–Trinajstić information content (AvgIpc) is 2.63. The van der Waals surface area contributed by atoms with Gasteiger partial charge in [-0.25, -0.2) is 9.37 Å². The molecule has 1 unspecified atom stereocenters. The van der Waals surface area contributed by atoms with E-state index in [1.807, 2.05) is 18.7 Å². The smallest absolute Gasteiger partial charge is 0.201 e. The van der Waals surface area contributed by atoms with Crippen molar-refractivity contribution in [3.8, 4) is 0 Å². The lowest BCUT2D eigenvalue weighted by atomic mass is 10.0. The summed E-state index contributed by atoms with van der Waals surface area (Å²) >= 11 is 3.24. The monoisotopic (exact) mass is 356 g/mol. The number of nitrogens with two attached hydrogens (primary N) is 1. The zero-order chi connectivity index (χ0) is 15.7. The summed E-state index contributed by atoms with van der Waals surface area (Å²) in [5.41, 5.74) is 7.57. The highest BCUT2D eigenvalue weighted by Crippen LogP contribution is 2.30. The number of imidazole rings is 1. The largest absolute Gasteiger partial charge is 0.369 e. The molecular formula is C15H22BrFN4. The molecule has 2 rings (SSSR count). The minimum Gasteiger partial charge on any atom is -0.369 e. The highest BCUT2D eigenvalue weighted by atomic mass is 79.9. The van der Waals surface area contributed by atoms with Gasteiger partial charge in [0.2, 0.25) is 5.95 Å². The molecule has 1 aromatic heterocycles. The van der Waals surface area contributed by atoms with E-state index in [1.54, 1.807) is 6.07 Å². The lowest BCUT2D eigenvalue weighted by Gasteiger charge is -2.25. The van der Waals surface area contributed by atoms with Gasteiger partial charge in [-0.05, 0) is 48.4 Å². The van der Waals surface area contributed by atoms with Gasteiger partial charge in [-0.1, -0.05) is 13.8 Å². The highest BCUT2D eigenvalue weighted by molar-refractivity contribution is 9.10. The molecule has 0 saturated carbocycles. The Morgan fingerprint density at radius 3 is 2.62 bits per heavy atom. The van der Waals surface area contributed by atoms with E-state index in [0.29, 0.717) is 21.9 Å². The van der Waals surface area contributed by atoms with E-state index in [4.69, 9.17) is 5.73 Å². The molecule has 0 aliphatic rings. The molecule has 116 valence electrons. The molecule has 6 heteroatoms. The molecule has 4 nitrogen and oxygen atoms in total. The van der Waals surface area contributed by atoms with Crippen LogP contribution in [0.15, 0.2) is 16.6 Å². The van der Waals surface area contributed by atoms with Gasteiger partial charge in [0.15, 0.2) is 0 Å². The van der Waals surface area contributed by atoms with Crippen molar-refractivity contribution in [2.45, 2.75) is 26.3 Å². The second kappa shape index (κ2) is 6.32. The third kappa shape index (κ3) is 3.55. The molecular weight excluding hydrogens is 335 g/mol. The van der Waals surface area contributed by atoms with Crippen LogP contribution in [0.25, 0.3) is 11.0 Å². The molecule has 21 heavy (non-hydrogen) atoms. The lowest BCUT2D eigenvalue weighted by molar-refractivity contribution is 0.294. The molecule has 0 radical (unpaired) electrons. The number of halogens is 2. The first-order valence-electron chi connectivity index (χ1n) is 7.06. The van der Waals surface area contributed by atoms with E-state index < -0.39 is 0 Å². The number of likely N-dealkylation sites (N-methyl/N-ethyl adjacent to an activating group) is 1. The van der Waals surface area contributed by atoms with Crippen LogP contribution in [0.5, 0.6) is 0 Å². The second-order valence-corrected chi connectivity index (χ2v) is 6.99. The van der Waals surface area contributed by atoms with E-state index in [1.165, 1.54) is 6.07 Å². The fourth-order valence-corrected chi connectivity index (χ4v) is 3.05. The number of rotatable bonds is 5. The molecule has 0 aliphatic carbocycles. The minimum atomic E-state index is -0.319. The van der Waals surface area contributed by atoms with Gasteiger partial charge in [0.25, 0.3) is 0 Å². The van der Waals surface area contributed by atoms with Crippen molar-refractivity contribution in [3.05, 3.63) is 22.4 Å². The van der Waals surface area contributed by atoms with Gasteiger partial charge in [-0.2, -0.15) is 0 Å². The van der Waals surface area contributed by atoms with Gasteiger partial charge in [-0.3, -0.25) is 0 Å². The van der Waals surface area contributed by atoms with Crippen LogP contribution >= 0.6 is 15.9 Å². The normalized spacial score (nSPS) is 13.5. The van der Waals surface area contributed by atoms with Crippen LogP contribution in [0.1, 0.15) is 26.3 Å². The Hall–Kier alpha value is -1.14. The van der Waals surface area contributed by atoms with Gasteiger partial charge >= 0.3 is 0 Å². The van der Waals surface area contributed by atoms with Gasteiger partial charge < -0.3 is 15.2 Å². The van der Waals surface area contributed by atoms with E-state index in [9.17, 15) is 4.39 Å². The summed E-state index contributed by atoms with van der Waals surface area (Å²) < 4.78 is 16.1. The number of hydrogen-bond donors (Lipinski definition) is 1. The van der Waals surface area contributed by atoms with Crippen molar-refractivity contribution in [3.63, 3.8) is 0 Å². The van der Waals surface area contributed by atoms with Crippen LogP contribution in [0, 0.1) is 11.7 Å². The first-order valence-corrected chi connectivity index (χ1v) is 7.86. The van der Waals surface area contributed by atoms with Crippen LogP contribution in [-0.4, -0.2) is 35.1 Å². The molecule has 0 bridgehead atoms. The van der Waals surface area contributed by atoms with Crippen molar-refractivity contribution in [1.82, 2.24) is 14.5 Å². The molecule has 0 aliphatic heterocycles. The van der Waals surface area contributed by atoms with Crippen molar-refractivity contribution in [2.24, 2.45) is 5.92 Å². The first kappa shape index (κ1) is 16.2. The Balaban J connectivity index is 2.55. The fraction of sp³-hybridized carbons (Fsp3) is 0.533. The molecule has 1 atom stereocenters. The summed E-state index contributed by atoms with van der Waals surface area (Å²) in [4.78, 5) is 6.45. The zero-order valence-corrected chi connectivity index (χ0v) is 14.5. The molecule has 2 aromatic rings. The summed E-state index contributed by atoms with van der Waals surface area (Å²) in [6, 6.07) is 3.40. The van der Waals surface area contributed by atoms with Crippen molar-refractivity contribution in [2.75, 3.05) is 26.4 Å². The second-order valence-electron chi connectivity index (χ2n) is 6.14. The number of fused-ring (bicyclic) bond motifs is 1. The molecule has 0 spiro atoms. The van der Waals surface area contributed by atoms with Crippen LogP contribution < -0.4 is 5.73 Å². The van der Waals surface area contributed by atoms with Gasteiger partial charge in [0.1, 0.15) is 5.82 Å². The summed E-state index contributed by atoms with van der Waals surface area (Å²) in [5, 5.41) is 0. The zero-order valence-electron chi connectivity index (χ0n) is 12.9. The standard InChI is InChI=1S/C15H22BrFN4/c1-9(2)5-10(8-20(3)4)21-14-6-11(16)12(17)7-13(14)19-15(21)18/h6-7,9-10H,5,8H2,1-4H3,(H2,18,19). The van der Waals surface area contributed by atoms with E-state index >= 15 is 0 Å². The van der Waals surface area contributed by atoms with E-state index in [0.717, 1.165) is 18.5 Å². The topological polar surface area (TPSA) is 47.1 Å². The van der Waals surface area contributed by atoms with Gasteiger partial charge in [-0.15, -0.1) is 0 Å². The van der Waals surface area contributed by atoms with Crippen LogP contribution in [0.4, 0.5) is 10.3 Å². The van der Waals surface area contributed by atoms with Crippen molar-refractivity contribution < 1.29 is 4.39 Å². The molecule has 1 heterocycles. The third-order valence-electron chi connectivity index (χ3n) is 3.44. The number of nitrogen functional groups attached to an aromatic ring is 1. The molecule has 1 aromatic carbocycles. The summed E-state index contributed by atoms with van der Waals surface area (Å²) in [6.07, 6.45) is 0.989. The maximum Gasteiger partial charge on any atom is 0.201 e. The summed E-state index contributed by atoms with van der Waals surface area (Å²) in [6.45, 7) is 5.24. The summed E-state index contributed by atoms with van der Waals surface area (Å²) in [5.74, 6) is 0.658. The van der Waals surface area contributed by atoms with E-state index in [2.05, 4.69) is 39.7 Å². The highest BCUT2D eigenvalue weighted by Gasteiger charge is 2.21. The first-order chi connectivity index (χ1) is 9.79. The number of benzene rings is 1. The average molecular weight is 357 g/mol. The van der Waals surface area contributed by atoms with E-state index in [-0.39, 0.29) is 11.9 Å². The Bertz CT molecular complexity index is 626. The maximum absolute atomic E-state index is 13.7. The summed E-state index contributed by atoms with van der Waals surface area (Å²) in [7, 11) is 4.08. The number of aromatic nitrogens is 2. The van der Waals surface area contributed by atoms with Crippen LogP contribution in [-0.2, 0) is 0 Å². The Kier molecular flexibility index (Phi) is 4.88. The Morgan fingerprint density at radius 2 is 2.05 bits per heavy atom. The Labute approximate surface area is 133 Å². The third-order valence-corrected chi connectivity index (χ3v) is 4.05. The maximum atomic E-state index is 13.7. The SMILES string of the molecule is CC(C)CC(CN(C)C)n1c(N)nc2cc(F)c(Br)cc21. The molecule has 0 amide bonds. The molecule has 0 saturated heterocycles. The molecule has 2 N–H and O–H groups in total. The van der Waals surface area contributed by atoms with Crippen molar-refractivity contribution in [1.29, 1.82) is 0 Å². The van der Waals surface area contributed by atoms with Gasteiger partial charge in [0.05, 0.1) is 21.5 Å². The van der Waals surface area contributed by atoms with Crippen LogP contribution in [0.3, 0.4) is 0 Å². The number of anilines is 1. The van der Waals surface area contributed by atoms with Gasteiger partial charge in [0, 0.05) is 12.6 Å². The predicted molar refractivity (Wildman–Crippen MR) is 88.8 cm³/mol. The minimum absolute atomic E-state index is 0.211. The molecule has 0 fully saturated rings. The fourth-order valence-electron chi connectivity index (χ4n) is 2.72.